The first-order chi connectivity index (χ1) is 15.8. The van der Waals surface area contributed by atoms with Gasteiger partial charge in [0.25, 0.3) is 0 Å². The van der Waals surface area contributed by atoms with E-state index in [1.54, 1.807) is 0 Å². The van der Waals surface area contributed by atoms with Crippen LogP contribution in [0.1, 0.15) is 22.3 Å². The van der Waals surface area contributed by atoms with Gasteiger partial charge in [0.2, 0.25) is 0 Å². The van der Waals surface area contributed by atoms with Crippen molar-refractivity contribution in [2.24, 2.45) is 0 Å². The van der Waals surface area contributed by atoms with Gasteiger partial charge in [-0.1, -0.05) is 131 Å². The number of benzene rings is 5. The highest BCUT2D eigenvalue weighted by molar-refractivity contribution is 9.10. The molecule has 0 amide bonds. The third kappa shape index (κ3) is 2.75. The van der Waals surface area contributed by atoms with E-state index in [9.17, 15) is 0 Å². The summed E-state index contributed by atoms with van der Waals surface area (Å²) in [5.41, 5.74) is 9.97. The van der Waals surface area contributed by atoms with Crippen LogP contribution in [0.25, 0.3) is 22.3 Å². The predicted molar refractivity (Wildman–Crippen MR) is 137 cm³/mol. The SMILES string of the molecule is Brc1ccccc1-c1cccc(C2(c3ccccc3)c3ccccc3-c3ccccc32)c1. The fourth-order valence-corrected chi connectivity index (χ4v) is 5.84. The van der Waals surface area contributed by atoms with Gasteiger partial charge < -0.3 is 0 Å². The van der Waals surface area contributed by atoms with Crippen molar-refractivity contribution in [1.29, 1.82) is 0 Å². The van der Waals surface area contributed by atoms with Gasteiger partial charge in [-0.25, -0.2) is 0 Å². The van der Waals surface area contributed by atoms with Crippen LogP contribution in [0.3, 0.4) is 0 Å². The lowest BCUT2D eigenvalue weighted by atomic mass is 9.67. The van der Waals surface area contributed by atoms with Crippen molar-refractivity contribution in [3.05, 3.63) is 154 Å². The Kier molecular flexibility index (Phi) is 4.59. The van der Waals surface area contributed by atoms with E-state index in [0.717, 1.165) is 4.47 Å². The molecule has 0 atom stereocenters. The van der Waals surface area contributed by atoms with Crippen LogP contribution in [0.4, 0.5) is 0 Å². The van der Waals surface area contributed by atoms with E-state index < -0.39 is 0 Å². The standard InChI is InChI=1S/C31H21Br/c32-30-20-9-6-15-25(30)22-11-10-14-24(21-22)31(23-12-2-1-3-13-23)28-18-7-4-16-26(28)27-17-5-8-19-29(27)31/h1-21H. The Hall–Kier alpha value is -3.42. The van der Waals surface area contributed by atoms with Gasteiger partial charge in [0.1, 0.15) is 0 Å². The maximum Gasteiger partial charge on any atom is 0.0713 e. The summed E-state index contributed by atoms with van der Waals surface area (Å²) in [5, 5.41) is 0. The van der Waals surface area contributed by atoms with Crippen molar-refractivity contribution in [1.82, 2.24) is 0 Å². The van der Waals surface area contributed by atoms with Gasteiger partial charge in [-0.05, 0) is 56.6 Å². The van der Waals surface area contributed by atoms with Crippen molar-refractivity contribution >= 4 is 15.9 Å². The zero-order valence-electron chi connectivity index (χ0n) is 17.5. The molecular weight excluding hydrogens is 452 g/mol. The van der Waals surface area contributed by atoms with Crippen LogP contribution in [-0.4, -0.2) is 0 Å². The second-order valence-electron chi connectivity index (χ2n) is 8.27. The Morgan fingerprint density at radius 2 is 0.969 bits per heavy atom. The smallest absolute Gasteiger partial charge is 0.0622 e. The summed E-state index contributed by atoms with van der Waals surface area (Å²) in [5.74, 6) is 0. The van der Waals surface area contributed by atoms with E-state index in [-0.39, 0.29) is 5.41 Å². The Morgan fingerprint density at radius 1 is 0.438 bits per heavy atom. The van der Waals surface area contributed by atoms with Gasteiger partial charge in [-0.3, -0.25) is 0 Å². The quantitative estimate of drug-likeness (QED) is 0.242. The number of halogens is 1. The summed E-state index contributed by atoms with van der Waals surface area (Å²) in [6, 6.07) is 46.2. The Bertz CT molecular complexity index is 1390. The Balaban J connectivity index is 1.72. The lowest BCUT2D eigenvalue weighted by Crippen LogP contribution is -2.28. The maximum atomic E-state index is 3.75. The first-order valence-corrected chi connectivity index (χ1v) is 11.7. The van der Waals surface area contributed by atoms with Gasteiger partial charge in [0.15, 0.2) is 0 Å². The average Bonchev–Trinajstić information content (AvgIpc) is 3.16. The van der Waals surface area contributed by atoms with Crippen LogP contribution >= 0.6 is 15.9 Å². The van der Waals surface area contributed by atoms with E-state index in [2.05, 4.69) is 143 Å². The molecule has 0 aromatic heterocycles. The molecule has 0 heterocycles. The molecule has 5 aromatic carbocycles. The van der Waals surface area contributed by atoms with Crippen molar-refractivity contribution in [2.45, 2.75) is 5.41 Å². The average molecular weight is 473 g/mol. The minimum atomic E-state index is -0.355. The van der Waals surface area contributed by atoms with E-state index in [1.165, 1.54) is 44.5 Å². The predicted octanol–water partition coefficient (Wildman–Crippen LogP) is 8.48. The van der Waals surface area contributed by atoms with Gasteiger partial charge in [0, 0.05) is 4.47 Å². The molecule has 0 N–H and O–H groups in total. The second kappa shape index (κ2) is 7.62. The summed E-state index contributed by atoms with van der Waals surface area (Å²) in [4.78, 5) is 0. The molecule has 1 heteroatoms. The molecule has 0 bridgehead atoms. The first-order valence-electron chi connectivity index (χ1n) is 10.9. The third-order valence-corrected chi connectivity index (χ3v) is 7.33. The van der Waals surface area contributed by atoms with E-state index in [4.69, 9.17) is 0 Å². The van der Waals surface area contributed by atoms with Gasteiger partial charge >= 0.3 is 0 Å². The van der Waals surface area contributed by atoms with Crippen molar-refractivity contribution in [2.75, 3.05) is 0 Å². The zero-order chi connectivity index (χ0) is 21.5. The second-order valence-corrected chi connectivity index (χ2v) is 9.12. The highest BCUT2D eigenvalue weighted by Crippen LogP contribution is 2.56. The molecule has 0 saturated heterocycles. The van der Waals surface area contributed by atoms with Gasteiger partial charge in [0.05, 0.1) is 5.41 Å². The largest absolute Gasteiger partial charge is 0.0713 e. The Labute approximate surface area is 197 Å². The molecule has 32 heavy (non-hydrogen) atoms. The van der Waals surface area contributed by atoms with Crippen molar-refractivity contribution in [3.8, 4) is 22.3 Å². The van der Waals surface area contributed by atoms with Crippen LogP contribution in [0.2, 0.25) is 0 Å². The van der Waals surface area contributed by atoms with E-state index in [1.807, 2.05) is 0 Å². The van der Waals surface area contributed by atoms with Crippen LogP contribution in [0.5, 0.6) is 0 Å². The number of rotatable bonds is 3. The molecule has 0 fully saturated rings. The number of fused-ring (bicyclic) bond motifs is 3. The summed E-state index contributed by atoms with van der Waals surface area (Å²) < 4.78 is 1.11. The third-order valence-electron chi connectivity index (χ3n) is 6.64. The molecule has 5 aromatic rings. The minimum Gasteiger partial charge on any atom is -0.0622 e. The Morgan fingerprint density at radius 3 is 1.62 bits per heavy atom. The summed E-state index contributed by atoms with van der Waals surface area (Å²) in [6.45, 7) is 0. The molecule has 0 unspecified atom stereocenters. The highest BCUT2D eigenvalue weighted by atomic mass is 79.9. The normalized spacial score (nSPS) is 13.4. The lowest BCUT2D eigenvalue weighted by molar-refractivity contribution is 0.769. The number of hydrogen-bond donors (Lipinski definition) is 0. The van der Waals surface area contributed by atoms with E-state index >= 15 is 0 Å². The molecule has 1 aliphatic rings. The van der Waals surface area contributed by atoms with Crippen LogP contribution in [-0.2, 0) is 5.41 Å². The summed E-state index contributed by atoms with van der Waals surface area (Å²) >= 11 is 3.75. The van der Waals surface area contributed by atoms with Crippen molar-refractivity contribution in [3.63, 3.8) is 0 Å². The topological polar surface area (TPSA) is 0 Å². The zero-order valence-corrected chi connectivity index (χ0v) is 19.1. The molecule has 0 spiro atoms. The highest BCUT2D eigenvalue weighted by Gasteiger charge is 2.45. The molecule has 1 aliphatic carbocycles. The first kappa shape index (κ1) is 19.3. The minimum absolute atomic E-state index is 0.355. The fraction of sp³-hybridized carbons (Fsp3) is 0.0323. The molecular formula is C31H21Br. The van der Waals surface area contributed by atoms with Crippen LogP contribution in [0, 0.1) is 0 Å². The monoisotopic (exact) mass is 472 g/mol. The van der Waals surface area contributed by atoms with E-state index in [0.29, 0.717) is 0 Å². The lowest BCUT2D eigenvalue weighted by Gasteiger charge is -2.34. The van der Waals surface area contributed by atoms with Crippen LogP contribution < -0.4 is 0 Å². The maximum absolute atomic E-state index is 3.75. The molecule has 0 saturated carbocycles. The molecule has 152 valence electrons. The van der Waals surface area contributed by atoms with Gasteiger partial charge in [-0.2, -0.15) is 0 Å². The fourth-order valence-electron chi connectivity index (χ4n) is 5.33. The van der Waals surface area contributed by atoms with Crippen molar-refractivity contribution < 1.29 is 0 Å². The van der Waals surface area contributed by atoms with Crippen LogP contribution in [0.15, 0.2) is 132 Å². The molecule has 0 radical (unpaired) electrons. The molecule has 0 nitrogen and oxygen atoms in total. The van der Waals surface area contributed by atoms with Gasteiger partial charge in [-0.15, -0.1) is 0 Å². The molecule has 0 aliphatic heterocycles. The summed E-state index contributed by atoms with van der Waals surface area (Å²) in [6.07, 6.45) is 0. The molecule has 6 rings (SSSR count). The number of hydrogen-bond acceptors (Lipinski definition) is 0. The summed E-state index contributed by atoms with van der Waals surface area (Å²) in [7, 11) is 0.